The Hall–Kier alpha value is -1.94. The maximum atomic E-state index is 13.1. The van der Waals surface area contributed by atoms with Gasteiger partial charge in [-0.25, -0.2) is 9.13 Å². The Balaban J connectivity index is 5.22. The highest BCUT2D eigenvalue weighted by molar-refractivity contribution is 7.47. The fraction of sp³-hybridized carbons (Fsp3) is 0.952. The van der Waals surface area contributed by atoms with Crippen molar-refractivity contribution in [3.8, 4) is 0 Å². The number of carbonyl (C=O) groups excluding carboxylic acids is 4. The average molecular weight is 1490 g/mol. The summed E-state index contributed by atoms with van der Waals surface area (Å²) in [5.41, 5.74) is 0. The van der Waals surface area contributed by atoms with E-state index in [9.17, 15) is 43.2 Å². The zero-order valence-corrected chi connectivity index (χ0v) is 68.7. The molecule has 0 aromatic rings. The van der Waals surface area contributed by atoms with Crippen molar-refractivity contribution in [2.45, 2.75) is 458 Å². The van der Waals surface area contributed by atoms with Gasteiger partial charge in [0, 0.05) is 25.7 Å². The molecule has 2 unspecified atom stereocenters. The molecule has 0 aromatic heterocycles. The summed E-state index contributed by atoms with van der Waals surface area (Å²) in [6, 6.07) is 0. The Morgan fingerprint density at radius 3 is 0.667 bits per heavy atom. The number of hydrogen-bond donors (Lipinski definition) is 3. The van der Waals surface area contributed by atoms with Crippen LogP contribution in [0.5, 0.6) is 0 Å². The van der Waals surface area contributed by atoms with Crippen molar-refractivity contribution in [2.75, 3.05) is 39.6 Å². The Labute approximate surface area is 626 Å². The van der Waals surface area contributed by atoms with E-state index in [0.29, 0.717) is 25.7 Å². The van der Waals surface area contributed by atoms with Crippen molar-refractivity contribution in [3.63, 3.8) is 0 Å². The zero-order valence-electron chi connectivity index (χ0n) is 66.9. The molecule has 0 fully saturated rings. The van der Waals surface area contributed by atoms with E-state index in [-0.39, 0.29) is 25.7 Å². The molecule has 0 bridgehead atoms. The number of phosphoric ester groups is 2. The number of rotatable bonds is 82. The van der Waals surface area contributed by atoms with Crippen LogP contribution in [0.15, 0.2) is 0 Å². The highest BCUT2D eigenvalue weighted by atomic mass is 31.2. The lowest BCUT2D eigenvalue weighted by molar-refractivity contribution is -0.161. The van der Waals surface area contributed by atoms with Gasteiger partial charge in [-0.05, 0) is 37.5 Å². The molecule has 3 N–H and O–H groups in total. The van der Waals surface area contributed by atoms with Crippen LogP contribution in [0, 0.1) is 11.8 Å². The average Bonchev–Trinajstić information content (AvgIpc) is 0.935. The van der Waals surface area contributed by atoms with E-state index in [1.807, 2.05) is 0 Å². The van der Waals surface area contributed by atoms with Gasteiger partial charge < -0.3 is 33.8 Å². The third-order valence-corrected chi connectivity index (χ3v) is 21.4. The molecule has 0 amide bonds. The maximum Gasteiger partial charge on any atom is 0.472 e. The Morgan fingerprint density at radius 2 is 0.451 bits per heavy atom. The lowest BCUT2D eigenvalue weighted by Crippen LogP contribution is -2.30. The summed E-state index contributed by atoms with van der Waals surface area (Å²) in [6.45, 7) is 9.65. The summed E-state index contributed by atoms with van der Waals surface area (Å²) in [7, 11) is -9.92. The van der Waals surface area contributed by atoms with Crippen LogP contribution in [0.4, 0.5) is 0 Å². The number of unbranched alkanes of at least 4 members (excludes halogenated alkanes) is 52. The van der Waals surface area contributed by atoms with E-state index in [2.05, 4.69) is 41.5 Å². The van der Waals surface area contributed by atoms with Gasteiger partial charge in [0.15, 0.2) is 12.2 Å². The molecule has 19 heteroatoms. The topological polar surface area (TPSA) is 237 Å². The minimum atomic E-state index is -4.96. The van der Waals surface area contributed by atoms with E-state index < -0.39 is 97.5 Å². The summed E-state index contributed by atoms with van der Waals surface area (Å²) in [4.78, 5) is 73.1. The molecule has 0 aliphatic carbocycles. The molecule has 0 aliphatic heterocycles. The molecular formula is C83H162O17P2. The van der Waals surface area contributed by atoms with Crippen molar-refractivity contribution < 1.29 is 80.2 Å². The third kappa shape index (κ3) is 76.3. The van der Waals surface area contributed by atoms with Gasteiger partial charge in [-0.2, -0.15) is 0 Å². The number of aliphatic hydroxyl groups excluding tert-OH is 1. The Morgan fingerprint density at radius 1 is 0.265 bits per heavy atom. The molecule has 0 radical (unpaired) electrons. The molecule has 0 spiro atoms. The second-order valence-corrected chi connectivity index (χ2v) is 33.7. The Kier molecular flexibility index (Phi) is 73.1. The predicted octanol–water partition coefficient (Wildman–Crippen LogP) is 25.1. The standard InChI is InChI=1S/C83H162O17P2/c1-7-9-11-13-15-17-19-20-21-22-23-24-25-26-27-28-29-37-43-49-55-61-67-82(87)99-79(72-94-81(86)66-60-54-48-42-36-31-30-34-39-45-51-57-63-75(3)4)74-98-102(91,92)96-70-77(84)69-95-101(89,90)97-73-78(71-93-80(85)65-59-53-47-41-33-18-16-14-12-10-8-2)100-83(88)68-62-56-50-44-38-32-35-40-46-52-58-64-76(5)6/h75-79,84H,7-74H2,1-6H3,(H,89,90)(H,91,92)/t77-,78+,79+/m0/s1. The second-order valence-electron chi connectivity index (χ2n) is 30.8. The van der Waals surface area contributed by atoms with Gasteiger partial charge in [-0.1, -0.05) is 388 Å². The fourth-order valence-corrected chi connectivity index (χ4v) is 14.5. The first kappa shape index (κ1) is 100. The number of phosphoric acid groups is 2. The first-order valence-electron chi connectivity index (χ1n) is 43.0. The van der Waals surface area contributed by atoms with Crippen molar-refractivity contribution in [3.05, 3.63) is 0 Å². The van der Waals surface area contributed by atoms with Crippen LogP contribution in [0.2, 0.25) is 0 Å². The maximum absolute atomic E-state index is 13.1. The summed E-state index contributed by atoms with van der Waals surface area (Å²) in [5, 5.41) is 10.7. The number of hydrogen-bond acceptors (Lipinski definition) is 15. The van der Waals surface area contributed by atoms with Crippen LogP contribution in [0.25, 0.3) is 0 Å². The zero-order chi connectivity index (χ0) is 74.9. The molecule has 0 heterocycles. The van der Waals surface area contributed by atoms with Crippen LogP contribution in [0.1, 0.15) is 440 Å². The van der Waals surface area contributed by atoms with Crippen molar-refractivity contribution >= 4 is 39.5 Å². The minimum absolute atomic E-state index is 0.107. The molecule has 17 nitrogen and oxygen atoms in total. The highest BCUT2D eigenvalue weighted by Gasteiger charge is 2.30. The van der Waals surface area contributed by atoms with Crippen molar-refractivity contribution in [2.24, 2.45) is 11.8 Å². The van der Waals surface area contributed by atoms with E-state index in [1.165, 1.54) is 257 Å². The SMILES string of the molecule is CCCCCCCCCCCCCCCCCCCCCCCCC(=O)O[C@H](COC(=O)CCCCCCCCCCCCCCC(C)C)COP(=O)(O)OC[C@@H](O)COP(=O)(O)OC[C@@H](COC(=O)CCCCCCCCCCCCC)OC(=O)CCCCCCCCCCCCCC(C)C. The lowest BCUT2D eigenvalue weighted by Gasteiger charge is -2.21. The van der Waals surface area contributed by atoms with Gasteiger partial charge in [0.05, 0.1) is 26.4 Å². The summed E-state index contributed by atoms with van der Waals surface area (Å²) in [5.74, 6) is -0.559. The number of carbonyl (C=O) groups is 4. The van der Waals surface area contributed by atoms with Gasteiger partial charge in [-0.15, -0.1) is 0 Å². The van der Waals surface area contributed by atoms with Gasteiger partial charge in [-0.3, -0.25) is 37.3 Å². The summed E-state index contributed by atoms with van der Waals surface area (Å²) < 4.78 is 68.8. The predicted molar refractivity (Wildman–Crippen MR) is 418 cm³/mol. The number of ether oxygens (including phenoxy) is 4. The largest absolute Gasteiger partial charge is 0.472 e. The van der Waals surface area contributed by atoms with Gasteiger partial charge in [0.2, 0.25) is 0 Å². The van der Waals surface area contributed by atoms with E-state index in [0.717, 1.165) is 102 Å². The van der Waals surface area contributed by atoms with Crippen LogP contribution in [-0.2, 0) is 65.4 Å². The molecular weight excluding hydrogens is 1330 g/mol. The van der Waals surface area contributed by atoms with Crippen molar-refractivity contribution in [1.29, 1.82) is 0 Å². The molecule has 0 aliphatic rings. The third-order valence-electron chi connectivity index (χ3n) is 19.5. The van der Waals surface area contributed by atoms with Crippen molar-refractivity contribution in [1.82, 2.24) is 0 Å². The lowest BCUT2D eigenvalue weighted by atomic mass is 10.0. The molecule has 5 atom stereocenters. The molecule has 606 valence electrons. The summed E-state index contributed by atoms with van der Waals surface area (Å²) >= 11 is 0. The molecule has 0 aromatic carbocycles. The molecule has 102 heavy (non-hydrogen) atoms. The quantitative estimate of drug-likeness (QED) is 0.0222. The van der Waals surface area contributed by atoms with E-state index >= 15 is 0 Å². The van der Waals surface area contributed by atoms with E-state index in [1.54, 1.807) is 0 Å². The summed E-state index contributed by atoms with van der Waals surface area (Å²) in [6.07, 6.45) is 65.3. The monoisotopic (exact) mass is 1490 g/mol. The number of esters is 4. The number of aliphatic hydroxyl groups is 1. The van der Waals surface area contributed by atoms with Crippen LogP contribution >= 0.6 is 15.6 Å². The first-order chi connectivity index (χ1) is 49.4. The fourth-order valence-electron chi connectivity index (χ4n) is 12.9. The van der Waals surface area contributed by atoms with E-state index in [4.69, 9.17) is 37.0 Å². The Bertz CT molecular complexity index is 1960. The van der Waals surface area contributed by atoms with Gasteiger partial charge >= 0.3 is 39.5 Å². The molecule has 0 saturated carbocycles. The highest BCUT2D eigenvalue weighted by Crippen LogP contribution is 2.45. The van der Waals surface area contributed by atoms with Crippen LogP contribution in [0.3, 0.4) is 0 Å². The van der Waals surface area contributed by atoms with Crippen LogP contribution < -0.4 is 0 Å². The smallest absolute Gasteiger partial charge is 0.462 e. The molecule has 0 saturated heterocycles. The normalized spacial score (nSPS) is 13.9. The van der Waals surface area contributed by atoms with Gasteiger partial charge in [0.1, 0.15) is 19.3 Å². The minimum Gasteiger partial charge on any atom is -0.462 e. The molecule has 0 rings (SSSR count). The van der Waals surface area contributed by atoms with Gasteiger partial charge in [0.25, 0.3) is 0 Å². The second kappa shape index (κ2) is 74.5. The first-order valence-corrected chi connectivity index (χ1v) is 46.0. The van der Waals surface area contributed by atoms with Crippen LogP contribution in [-0.4, -0.2) is 96.7 Å².